The second-order valence-corrected chi connectivity index (χ2v) is 3.64. The summed E-state index contributed by atoms with van der Waals surface area (Å²) >= 11 is 0. The number of ether oxygens (including phenoxy) is 2. The Labute approximate surface area is 94.7 Å². The normalized spacial score (nSPS) is 18.7. The van der Waals surface area contributed by atoms with Crippen molar-refractivity contribution in [1.29, 1.82) is 0 Å². The van der Waals surface area contributed by atoms with Gasteiger partial charge in [0.15, 0.2) is 0 Å². The Morgan fingerprint density at radius 3 is 3.00 bits per heavy atom. The molecule has 0 saturated carbocycles. The van der Waals surface area contributed by atoms with E-state index in [1.807, 2.05) is 37.3 Å². The number of esters is 1. The van der Waals surface area contributed by atoms with Crippen LogP contribution in [0.1, 0.15) is 22.8 Å². The summed E-state index contributed by atoms with van der Waals surface area (Å²) < 4.78 is 10.1. The molecule has 0 aliphatic carbocycles. The molecule has 16 heavy (non-hydrogen) atoms. The quantitative estimate of drug-likeness (QED) is 0.575. The van der Waals surface area contributed by atoms with Gasteiger partial charge in [0.25, 0.3) is 0 Å². The highest BCUT2D eigenvalue weighted by Gasteiger charge is 2.24. The van der Waals surface area contributed by atoms with Gasteiger partial charge in [-0.1, -0.05) is 30.4 Å². The highest BCUT2D eigenvalue weighted by Crippen LogP contribution is 2.14. The van der Waals surface area contributed by atoms with Crippen LogP contribution in [-0.2, 0) is 9.47 Å². The molecule has 0 aromatic heterocycles. The minimum absolute atomic E-state index is 0.109. The van der Waals surface area contributed by atoms with Crippen molar-refractivity contribution in [3.63, 3.8) is 0 Å². The lowest BCUT2D eigenvalue weighted by Gasteiger charge is -2.05. The third-order valence-electron chi connectivity index (χ3n) is 2.33. The fraction of sp³-hybridized carbons (Fsp3) is 0.308. The molecule has 0 amide bonds. The maximum absolute atomic E-state index is 11.8. The van der Waals surface area contributed by atoms with E-state index in [-0.39, 0.29) is 12.1 Å². The van der Waals surface area contributed by atoms with Crippen molar-refractivity contribution in [2.75, 3.05) is 13.2 Å². The summed E-state index contributed by atoms with van der Waals surface area (Å²) in [6.07, 6.45) is 3.90. The molecule has 0 N–H and O–H groups in total. The van der Waals surface area contributed by atoms with E-state index in [2.05, 4.69) is 0 Å². The molecular formula is C13H14O3. The maximum atomic E-state index is 11.8. The zero-order valence-corrected chi connectivity index (χ0v) is 9.18. The van der Waals surface area contributed by atoms with E-state index in [0.29, 0.717) is 18.8 Å². The lowest BCUT2D eigenvalue weighted by atomic mass is 10.1. The second kappa shape index (κ2) is 4.94. The summed E-state index contributed by atoms with van der Waals surface area (Å²) in [5.41, 5.74) is 1.48. The molecule has 1 fully saturated rings. The second-order valence-electron chi connectivity index (χ2n) is 3.64. The Kier molecular flexibility index (Phi) is 3.37. The lowest BCUT2D eigenvalue weighted by molar-refractivity contribution is 0.0476. The standard InChI is InChI=1S/C13H14O3/c1-2-5-10-6-3-4-7-12(10)13(14)16-9-11-8-15-11/h2-7,11H,8-9H2,1H3. The maximum Gasteiger partial charge on any atom is 0.338 e. The Hall–Kier alpha value is -1.61. The van der Waals surface area contributed by atoms with Crippen LogP contribution < -0.4 is 0 Å². The molecule has 1 aromatic carbocycles. The van der Waals surface area contributed by atoms with Gasteiger partial charge in [-0.05, 0) is 18.6 Å². The number of carbonyl (C=O) groups is 1. The van der Waals surface area contributed by atoms with Crippen LogP contribution in [0.2, 0.25) is 0 Å². The minimum atomic E-state index is -0.288. The van der Waals surface area contributed by atoms with Crippen LogP contribution in [-0.4, -0.2) is 25.3 Å². The molecule has 0 radical (unpaired) electrons. The van der Waals surface area contributed by atoms with Gasteiger partial charge in [-0.2, -0.15) is 0 Å². The van der Waals surface area contributed by atoms with Gasteiger partial charge in [-0.3, -0.25) is 0 Å². The first-order chi connectivity index (χ1) is 7.81. The van der Waals surface area contributed by atoms with E-state index in [1.54, 1.807) is 6.07 Å². The van der Waals surface area contributed by atoms with Crippen LogP contribution in [0, 0.1) is 0 Å². The molecular weight excluding hydrogens is 204 g/mol. The molecule has 2 rings (SSSR count). The molecule has 0 bridgehead atoms. The van der Waals surface area contributed by atoms with E-state index in [0.717, 1.165) is 5.56 Å². The third-order valence-corrected chi connectivity index (χ3v) is 2.33. The summed E-state index contributed by atoms with van der Waals surface area (Å²) in [6.45, 7) is 2.97. The van der Waals surface area contributed by atoms with Crippen LogP contribution in [0.4, 0.5) is 0 Å². The SMILES string of the molecule is CC=Cc1ccccc1C(=O)OCC1CO1. The molecule has 84 valence electrons. The summed E-state index contributed by atoms with van der Waals surface area (Å²) in [4.78, 5) is 11.8. The van der Waals surface area contributed by atoms with Crippen molar-refractivity contribution in [1.82, 2.24) is 0 Å². The number of hydrogen-bond donors (Lipinski definition) is 0. The van der Waals surface area contributed by atoms with Crippen LogP contribution >= 0.6 is 0 Å². The topological polar surface area (TPSA) is 38.8 Å². The molecule has 1 atom stereocenters. The molecule has 1 unspecified atom stereocenters. The van der Waals surface area contributed by atoms with E-state index in [1.165, 1.54) is 0 Å². The Morgan fingerprint density at radius 1 is 1.56 bits per heavy atom. The van der Waals surface area contributed by atoms with E-state index in [9.17, 15) is 4.79 Å². The number of hydrogen-bond acceptors (Lipinski definition) is 3. The molecule has 3 nitrogen and oxygen atoms in total. The van der Waals surface area contributed by atoms with Gasteiger partial charge in [-0.15, -0.1) is 0 Å². The molecule has 1 aliphatic rings. The number of carbonyl (C=O) groups excluding carboxylic acids is 1. The van der Waals surface area contributed by atoms with Crippen molar-refractivity contribution in [2.24, 2.45) is 0 Å². The summed E-state index contributed by atoms with van der Waals surface area (Å²) in [7, 11) is 0. The van der Waals surface area contributed by atoms with Gasteiger partial charge in [-0.25, -0.2) is 4.79 Å². The van der Waals surface area contributed by atoms with Gasteiger partial charge in [0.1, 0.15) is 12.7 Å². The Balaban J connectivity index is 2.07. The van der Waals surface area contributed by atoms with Gasteiger partial charge < -0.3 is 9.47 Å². The largest absolute Gasteiger partial charge is 0.459 e. The zero-order valence-electron chi connectivity index (χ0n) is 9.18. The van der Waals surface area contributed by atoms with Crippen LogP contribution in [0.15, 0.2) is 30.3 Å². The average molecular weight is 218 g/mol. The van der Waals surface area contributed by atoms with E-state index >= 15 is 0 Å². The smallest absolute Gasteiger partial charge is 0.338 e. The molecule has 1 saturated heterocycles. The van der Waals surface area contributed by atoms with Crippen molar-refractivity contribution in [2.45, 2.75) is 13.0 Å². The van der Waals surface area contributed by atoms with Gasteiger partial charge >= 0.3 is 5.97 Å². The van der Waals surface area contributed by atoms with Crippen molar-refractivity contribution < 1.29 is 14.3 Å². The average Bonchev–Trinajstić information content (AvgIpc) is 3.11. The van der Waals surface area contributed by atoms with Crippen molar-refractivity contribution in [3.05, 3.63) is 41.5 Å². The minimum Gasteiger partial charge on any atom is -0.459 e. The van der Waals surface area contributed by atoms with E-state index in [4.69, 9.17) is 9.47 Å². The highest BCUT2D eigenvalue weighted by atomic mass is 16.6. The van der Waals surface area contributed by atoms with Crippen LogP contribution in [0.25, 0.3) is 6.08 Å². The van der Waals surface area contributed by atoms with Crippen molar-refractivity contribution >= 4 is 12.0 Å². The monoisotopic (exact) mass is 218 g/mol. The summed E-state index contributed by atoms with van der Waals surface area (Å²) in [6, 6.07) is 7.39. The first-order valence-corrected chi connectivity index (χ1v) is 5.31. The predicted octanol–water partition coefficient (Wildman–Crippen LogP) is 2.28. The van der Waals surface area contributed by atoms with Crippen LogP contribution in [0.3, 0.4) is 0 Å². The van der Waals surface area contributed by atoms with Crippen LogP contribution in [0.5, 0.6) is 0 Å². The van der Waals surface area contributed by atoms with Gasteiger partial charge in [0, 0.05) is 0 Å². The highest BCUT2D eigenvalue weighted by molar-refractivity contribution is 5.93. The zero-order chi connectivity index (χ0) is 11.4. The molecule has 1 aromatic rings. The fourth-order valence-corrected chi connectivity index (χ4v) is 1.42. The number of benzene rings is 1. The molecule has 3 heteroatoms. The number of epoxide rings is 1. The number of allylic oxidation sites excluding steroid dienone is 1. The summed E-state index contributed by atoms with van der Waals surface area (Å²) in [5, 5.41) is 0. The first-order valence-electron chi connectivity index (χ1n) is 5.31. The molecule has 1 heterocycles. The Morgan fingerprint density at radius 2 is 2.31 bits per heavy atom. The van der Waals surface area contributed by atoms with Gasteiger partial charge in [0.05, 0.1) is 12.2 Å². The van der Waals surface area contributed by atoms with E-state index < -0.39 is 0 Å². The van der Waals surface area contributed by atoms with Gasteiger partial charge in [0.2, 0.25) is 0 Å². The summed E-state index contributed by atoms with van der Waals surface area (Å²) in [5.74, 6) is -0.288. The Bertz CT molecular complexity index is 405. The lowest BCUT2D eigenvalue weighted by Crippen LogP contribution is -2.11. The van der Waals surface area contributed by atoms with Crippen molar-refractivity contribution in [3.8, 4) is 0 Å². The predicted molar refractivity (Wildman–Crippen MR) is 61.2 cm³/mol. The number of rotatable bonds is 4. The third kappa shape index (κ3) is 2.70. The fourth-order valence-electron chi connectivity index (χ4n) is 1.42. The first kappa shape index (κ1) is 10.9. The molecule has 1 aliphatic heterocycles. The molecule has 0 spiro atoms.